The van der Waals surface area contributed by atoms with Crippen LogP contribution >= 0.6 is 0 Å². The van der Waals surface area contributed by atoms with Gasteiger partial charge in [-0.05, 0) is 36.4 Å². The normalized spacial score (nSPS) is 15.0. The lowest BCUT2D eigenvalue weighted by atomic mass is 10.2. The summed E-state index contributed by atoms with van der Waals surface area (Å²) in [6.45, 7) is 1.20. The number of para-hydroxylation sites is 2. The van der Waals surface area contributed by atoms with Gasteiger partial charge in [-0.15, -0.1) is 0 Å². The van der Waals surface area contributed by atoms with Crippen molar-refractivity contribution in [3.63, 3.8) is 0 Å². The summed E-state index contributed by atoms with van der Waals surface area (Å²) in [6, 6.07) is 27.2. The Morgan fingerprint density at radius 1 is 0.667 bits per heavy atom. The SMILES string of the molecule is O=C(N1CCN(S(=O)(=O)c2ccccc2)CC1)N(c1ccccc1)c1ccccc1. The highest BCUT2D eigenvalue weighted by molar-refractivity contribution is 7.89. The van der Waals surface area contributed by atoms with Crippen LogP contribution in [0.25, 0.3) is 0 Å². The Bertz CT molecular complexity index is 1040. The Morgan fingerprint density at radius 3 is 1.57 bits per heavy atom. The van der Waals surface area contributed by atoms with E-state index in [2.05, 4.69) is 0 Å². The number of amides is 2. The van der Waals surface area contributed by atoms with Crippen LogP contribution in [0.2, 0.25) is 0 Å². The van der Waals surface area contributed by atoms with Gasteiger partial charge in [0.1, 0.15) is 0 Å². The van der Waals surface area contributed by atoms with Crippen molar-refractivity contribution in [1.29, 1.82) is 0 Å². The lowest BCUT2D eigenvalue weighted by molar-refractivity contribution is 0.180. The van der Waals surface area contributed by atoms with E-state index in [9.17, 15) is 13.2 Å². The van der Waals surface area contributed by atoms with Gasteiger partial charge < -0.3 is 4.90 Å². The van der Waals surface area contributed by atoms with Gasteiger partial charge in [-0.25, -0.2) is 13.2 Å². The molecule has 3 aromatic carbocycles. The van der Waals surface area contributed by atoms with Crippen molar-refractivity contribution in [2.45, 2.75) is 4.90 Å². The average Bonchev–Trinajstić information content (AvgIpc) is 2.81. The Morgan fingerprint density at radius 2 is 1.10 bits per heavy atom. The average molecular weight is 422 g/mol. The second-order valence-electron chi connectivity index (χ2n) is 6.99. The number of anilines is 2. The smallest absolute Gasteiger partial charge is 0.321 e. The van der Waals surface area contributed by atoms with Gasteiger partial charge in [0.05, 0.1) is 16.3 Å². The third-order valence-corrected chi connectivity index (χ3v) is 7.02. The minimum absolute atomic E-state index is 0.163. The molecule has 0 saturated carbocycles. The van der Waals surface area contributed by atoms with Crippen molar-refractivity contribution in [3.8, 4) is 0 Å². The van der Waals surface area contributed by atoms with E-state index in [1.54, 1.807) is 40.1 Å². The molecule has 30 heavy (non-hydrogen) atoms. The highest BCUT2D eigenvalue weighted by atomic mass is 32.2. The Balaban J connectivity index is 1.53. The van der Waals surface area contributed by atoms with Crippen LogP contribution in [-0.2, 0) is 10.0 Å². The van der Waals surface area contributed by atoms with E-state index in [1.165, 1.54) is 4.31 Å². The monoisotopic (exact) mass is 421 g/mol. The molecule has 1 saturated heterocycles. The summed E-state index contributed by atoms with van der Waals surface area (Å²) < 4.78 is 27.2. The molecule has 0 unspecified atom stereocenters. The Hall–Kier alpha value is -3.16. The van der Waals surface area contributed by atoms with E-state index in [1.807, 2.05) is 60.7 Å². The zero-order valence-electron chi connectivity index (χ0n) is 16.5. The molecule has 0 aromatic heterocycles. The highest BCUT2D eigenvalue weighted by Gasteiger charge is 2.32. The third-order valence-electron chi connectivity index (χ3n) is 5.11. The van der Waals surface area contributed by atoms with E-state index < -0.39 is 10.0 Å². The summed E-state index contributed by atoms with van der Waals surface area (Å²) in [5.74, 6) is 0. The molecule has 6 nitrogen and oxygen atoms in total. The summed E-state index contributed by atoms with van der Waals surface area (Å²) in [5.41, 5.74) is 1.54. The zero-order chi connectivity index (χ0) is 21.0. The number of piperazine rings is 1. The minimum atomic E-state index is -3.55. The van der Waals surface area contributed by atoms with Crippen LogP contribution in [0.1, 0.15) is 0 Å². The molecule has 154 valence electrons. The molecule has 0 spiro atoms. The molecule has 2 amide bonds. The van der Waals surface area contributed by atoms with Gasteiger partial charge in [0, 0.05) is 26.2 Å². The number of carbonyl (C=O) groups is 1. The first-order valence-corrected chi connectivity index (χ1v) is 11.3. The highest BCUT2D eigenvalue weighted by Crippen LogP contribution is 2.27. The Labute approximate surface area is 177 Å². The van der Waals surface area contributed by atoms with E-state index in [0.717, 1.165) is 11.4 Å². The maximum Gasteiger partial charge on any atom is 0.329 e. The first-order chi connectivity index (χ1) is 14.6. The molecule has 7 heteroatoms. The number of carbonyl (C=O) groups excluding carboxylic acids is 1. The lowest BCUT2D eigenvalue weighted by Gasteiger charge is -2.37. The molecular formula is C23H23N3O3S. The number of sulfonamides is 1. The second-order valence-corrected chi connectivity index (χ2v) is 8.93. The number of nitrogens with zero attached hydrogens (tertiary/aromatic N) is 3. The predicted octanol–water partition coefficient (Wildman–Crippen LogP) is 3.95. The molecular weight excluding hydrogens is 398 g/mol. The molecule has 1 aliphatic rings. The maximum absolute atomic E-state index is 13.4. The van der Waals surface area contributed by atoms with Gasteiger partial charge in [-0.1, -0.05) is 54.6 Å². The molecule has 1 heterocycles. The molecule has 0 aliphatic carbocycles. The fourth-order valence-electron chi connectivity index (χ4n) is 3.53. The second kappa shape index (κ2) is 8.69. The number of hydrogen-bond acceptors (Lipinski definition) is 3. The quantitative estimate of drug-likeness (QED) is 0.641. The molecule has 1 fully saturated rings. The number of benzene rings is 3. The van der Waals surface area contributed by atoms with Crippen molar-refractivity contribution in [2.24, 2.45) is 0 Å². The van der Waals surface area contributed by atoms with Crippen LogP contribution in [0.4, 0.5) is 16.2 Å². The summed E-state index contributed by atoms with van der Waals surface area (Å²) in [6.07, 6.45) is 0. The number of hydrogen-bond donors (Lipinski definition) is 0. The van der Waals surface area contributed by atoms with Crippen molar-refractivity contribution in [2.75, 3.05) is 31.1 Å². The fourth-order valence-corrected chi connectivity index (χ4v) is 4.97. The molecule has 4 rings (SSSR count). The third kappa shape index (κ3) is 4.08. The molecule has 0 radical (unpaired) electrons. The van der Waals surface area contributed by atoms with E-state index in [4.69, 9.17) is 0 Å². The maximum atomic E-state index is 13.4. The van der Waals surface area contributed by atoms with E-state index in [0.29, 0.717) is 13.1 Å². The van der Waals surface area contributed by atoms with Gasteiger partial charge in [0.25, 0.3) is 0 Å². The van der Waals surface area contributed by atoms with Crippen LogP contribution < -0.4 is 4.90 Å². The summed E-state index contributed by atoms with van der Waals surface area (Å²) in [5, 5.41) is 0. The standard InChI is InChI=1S/C23H23N3O3S/c27-23(26(20-10-4-1-5-11-20)21-12-6-2-7-13-21)24-16-18-25(19-17-24)30(28,29)22-14-8-3-9-15-22/h1-15H,16-19H2. The van der Waals surface area contributed by atoms with E-state index in [-0.39, 0.29) is 24.0 Å². The predicted molar refractivity (Wildman–Crippen MR) is 117 cm³/mol. The van der Waals surface area contributed by atoms with Crippen LogP contribution in [0, 0.1) is 0 Å². The first kappa shape index (κ1) is 20.1. The number of urea groups is 1. The van der Waals surface area contributed by atoms with Crippen molar-refractivity contribution < 1.29 is 13.2 Å². The van der Waals surface area contributed by atoms with Crippen LogP contribution in [0.3, 0.4) is 0 Å². The molecule has 1 aliphatic heterocycles. The van der Waals surface area contributed by atoms with E-state index >= 15 is 0 Å². The lowest BCUT2D eigenvalue weighted by Crippen LogP contribution is -2.53. The minimum Gasteiger partial charge on any atom is -0.321 e. The summed E-state index contributed by atoms with van der Waals surface area (Å²) >= 11 is 0. The van der Waals surface area contributed by atoms with Crippen LogP contribution in [0.15, 0.2) is 95.9 Å². The van der Waals surface area contributed by atoms with Gasteiger partial charge in [-0.2, -0.15) is 4.31 Å². The Kier molecular flexibility index (Phi) is 5.83. The zero-order valence-corrected chi connectivity index (χ0v) is 17.3. The van der Waals surface area contributed by atoms with Crippen molar-refractivity contribution >= 4 is 27.4 Å². The topological polar surface area (TPSA) is 60.9 Å². The van der Waals surface area contributed by atoms with Crippen molar-refractivity contribution in [1.82, 2.24) is 9.21 Å². The first-order valence-electron chi connectivity index (χ1n) is 9.82. The van der Waals surface area contributed by atoms with Gasteiger partial charge >= 0.3 is 6.03 Å². The van der Waals surface area contributed by atoms with Gasteiger partial charge in [0.15, 0.2) is 0 Å². The molecule has 0 atom stereocenters. The largest absolute Gasteiger partial charge is 0.329 e. The molecule has 0 bridgehead atoms. The van der Waals surface area contributed by atoms with Crippen LogP contribution in [0.5, 0.6) is 0 Å². The van der Waals surface area contributed by atoms with Crippen LogP contribution in [-0.4, -0.2) is 49.8 Å². The van der Waals surface area contributed by atoms with Gasteiger partial charge in [-0.3, -0.25) is 4.90 Å². The van der Waals surface area contributed by atoms with Gasteiger partial charge in [0.2, 0.25) is 10.0 Å². The summed E-state index contributed by atoms with van der Waals surface area (Å²) in [4.78, 5) is 17.1. The fraction of sp³-hybridized carbons (Fsp3) is 0.174. The molecule has 0 N–H and O–H groups in total. The number of rotatable bonds is 4. The molecule has 3 aromatic rings. The summed E-state index contributed by atoms with van der Waals surface area (Å²) in [7, 11) is -3.55. The van der Waals surface area contributed by atoms with Crippen molar-refractivity contribution in [3.05, 3.63) is 91.0 Å².